The van der Waals surface area contributed by atoms with Gasteiger partial charge in [-0.1, -0.05) is 32.0 Å². The topological polar surface area (TPSA) is 48.1 Å². The Morgan fingerprint density at radius 2 is 1.89 bits per heavy atom. The van der Waals surface area contributed by atoms with E-state index in [0.29, 0.717) is 11.8 Å². The van der Waals surface area contributed by atoms with Gasteiger partial charge in [0.05, 0.1) is 0 Å². The third-order valence-corrected chi connectivity index (χ3v) is 3.03. The number of hydrogen-bond acceptors (Lipinski definition) is 3. The first kappa shape index (κ1) is 13.6. The highest BCUT2D eigenvalue weighted by Gasteiger charge is 2.10. The summed E-state index contributed by atoms with van der Waals surface area (Å²) in [6, 6.07) is 11.8. The molecule has 3 nitrogen and oxygen atoms in total. The second-order valence-corrected chi connectivity index (χ2v) is 5.02. The second-order valence-electron chi connectivity index (χ2n) is 5.02. The molecule has 0 aliphatic carbocycles. The van der Waals surface area contributed by atoms with Crippen molar-refractivity contribution in [2.24, 2.45) is 5.73 Å². The summed E-state index contributed by atoms with van der Waals surface area (Å²) in [7, 11) is 0. The molecule has 0 saturated carbocycles. The maximum Gasteiger partial charge on any atom is 0.223 e. The summed E-state index contributed by atoms with van der Waals surface area (Å²) in [4.78, 5) is 4.27. The molecule has 0 aliphatic heterocycles. The monoisotopic (exact) mass is 256 g/mol. The molecule has 1 aromatic heterocycles. The number of ether oxygens (including phenoxy) is 1. The van der Waals surface area contributed by atoms with Gasteiger partial charge in [-0.2, -0.15) is 0 Å². The van der Waals surface area contributed by atoms with Gasteiger partial charge in [0.2, 0.25) is 5.88 Å². The predicted molar refractivity (Wildman–Crippen MR) is 77.4 cm³/mol. The molecule has 1 atom stereocenters. The van der Waals surface area contributed by atoms with Crippen LogP contribution in [0.25, 0.3) is 0 Å². The average molecular weight is 256 g/mol. The van der Waals surface area contributed by atoms with Crippen LogP contribution in [0, 0.1) is 0 Å². The fourth-order valence-electron chi connectivity index (χ4n) is 1.88. The van der Waals surface area contributed by atoms with Gasteiger partial charge < -0.3 is 10.5 Å². The summed E-state index contributed by atoms with van der Waals surface area (Å²) < 4.78 is 5.87. The van der Waals surface area contributed by atoms with Crippen molar-refractivity contribution in [3.63, 3.8) is 0 Å². The number of aromatic nitrogens is 1. The fraction of sp³-hybridized carbons (Fsp3) is 0.312. The molecule has 2 rings (SSSR count). The first-order valence-corrected chi connectivity index (χ1v) is 6.56. The van der Waals surface area contributed by atoms with E-state index in [2.05, 4.69) is 24.9 Å². The molecule has 0 aliphatic rings. The molecule has 0 bridgehead atoms. The number of benzene rings is 1. The van der Waals surface area contributed by atoms with Crippen molar-refractivity contribution in [3.05, 3.63) is 53.7 Å². The quantitative estimate of drug-likeness (QED) is 0.898. The number of hydrogen-bond donors (Lipinski definition) is 1. The highest BCUT2D eigenvalue weighted by molar-refractivity contribution is 5.36. The van der Waals surface area contributed by atoms with Gasteiger partial charge in [0.25, 0.3) is 0 Å². The van der Waals surface area contributed by atoms with Crippen LogP contribution in [0.5, 0.6) is 11.6 Å². The van der Waals surface area contributed by atoms with E-state index in [-0.39, 0.29) is 6.04 Å². The second kappa shape index (κ2) is 5.85. The largest absolute Gasteiger partial charge is 0.439 e. The summed E-state index contributed by atoms with van der Waals surface area (Å²) in [5, 5.41) is 0. The summed E-state index contributed by atoms with van der Waals surface area (Å²) >= 11 is 0. The van der Waals surface area contributed by atoms with E-state index in [1.165, 1.54) is 5.56 Å². The van der Waals surface area contributed by atoms with Crippen LogP contribution < -0.4 is 10.5 Å². The first-order valence-electron chi connectivity index (χ1n) is 6.56. The van der Waals surface area contributed by atoms with E-state index in [1.807, 2.05) is 37.3 Å². The minimum atomic E-state index is -0.100. The third kappa shape index (κ3) is 3.32. The van der Waals surface area contributed by atoms with Gasteiger partial charge in [0.15, 0.2) is 0 Å². The van der Waals surface area contributed by atoms with Crippen LogP contribution >= 0.6 is 0 Å². The molecule has 19 heavy (non-hydrogen) atoms. The molecule has 0 radical (unpaired) electrons. The lowest BCUT2D eigenvalue weighted by molar-refractivity contribution is 0.451. The van der Waals surface area contributed by atoms with E-state index in [0.717, 1.165) is 11.3 Å². The van der Waals surface area contributed by atoms with E-state index in [4.69, 9.17) is 10.5 Å². The molecule has 0 fully saturated rings. The standard InChI is InChI=1S/C16H20N2O/c1-11(2)13-6-4-7-14(10-13)19-16-15(12(3)17)8-5-9-18-16/h4-12H,17H2,1-3H3/t12-/m0/s1. The molecule has 3 heteroatoms. The minimum Gasteiger partial charge on any atom is -0.439 e. The van der Waals surface area contributed by atoms with Crippen LogP contribution in [0.4, 0.5) is 0 Å². The Hall–Kier alpha value is -1.87. The zero-order valence-corrected chi connectivity index (χ0v) is 11.6. The Balaban J connectivity index is 2.29. The molecule has 100 valence electrons. The summed E-state index contributed by atoms with van der Waals surface area (Å²) in [6.07, 6.45) is 1.72. The number of pyridine rings is 1. The van der Waals surface area contributed by atoms with E-state index < -0.39 is 0 Å². The van der Waals surface area contributed by atoms with Crippen LogP contribution in [0.3, 0.4) is 0 Å². The molecule has 0 unspecified atom stereocenters. The van der Waals surface area contributed by atoms with Gasteiger partial charge in [0, 0.05) is 17.8 Å². The highest BCUT2D eigenvalue weighted by atomic mass is 16.5. The van der Waals surface area contributed by atoms with Crippen LogP contribution in [0.2, 0.25) is 0 Å². The summed E-state index contributed by atoms with van der Waals surface area (Å²) in [5.74, 6) is 1.85. The molecule has 0 saturated heterocycles. The van der Waals surface area contributed by atoms with Crippen molar-refractivity contribution < 1.29 is 4.74 Å². The first-order chi connectivity index (χ1) is 9.08. The Kier molecular flexibility index (Phi) is 4.17. The molecule has 2 aromatic rings. The van der Waals surface area contributed by atoms with Crippen molar-refractivity contribution in [1.82, 2.24) is 4.98 Å². The highest BCUT2D eigenvalue weighted by Crippen LogP contribution is 2.28. The lowest BCUT2D eigenvalue weighted by atomic mass is 10.0. The lowest BCUT2D eigenvalue weighted by Crippen LogP contribution is -2.07. The van der Waals surface area contributed by atoms with Gasteiger partial charge in [0.1, 0.15) is 5.75 Å². The minimum absolute atomic E-state index is 0.100. The molecule has 0 spiro atoms. The van der Waals surface area contributed by atoms with E-state index >= 15 is 0 Å². The smallest absolute Gasteiger partial charge is 0.223 e. The zero-order valence-electron chi connectivity index (χ0n) is 11.6. The normalized spacial score (nSPS) is 12.5. The SMILES string of the molecule is CC(C)c1cccc(Oc2ncccc2[C@H](C)N)c1. The van der Waals surface area contributed by atoms with Crippen LogP contribution in [-0.4, -0.2) is 4.98 Å². The van der Waals surface area contributed by atoms with Crippen molar-refractivity contribution in [1.29, 1.82) is 0 Å². The summed E-state index contributed by atoms with van der Waals surface area (Å²) in [6.45, 7) is 6.24. The molecule has 2 N–H and O–H groups in total. The van der Waals surface area contributed by atoms with Crippen LogP contribution in [-0.2, 0) is 0 Å². The van der Waals surface area contributed by atoms with Crippen molar-refractivity contribution >= 4 is 0 Å². The molecule has 1 aromatic carbocycles. The van der Waals surface area contributed by atoms with E-state index in [9.17, 15) is 0 Å². The van der Waals surface area contributed by atoms with Crippen molar-refractivity contribution in [2.45, 2.75) is 32.7 Å². The third-order valence-electron chi connectivity index (χ3n) is 3.03. The molecular weight excluding hydrogens is 236 g/mol. The van der Waals surface area contributed by atoms with Gasteiger partial charge >= 0.3 is 0 Å². The van der Waals surface area contributed by atoms with Crippen LogP contribution in [0.1, 0.15) is 43.9 Å². The van der Waals surface area contributed by atoms with Gasteiger partial charge in [-0.05, 0) is 36.6 Å². The maximum absolute atomic E-state index is 5.93. The Morgan fingerprint density at radius 1 is 1.11 bits per heavy atom. The van der Waals surface area contributed by atoms with Gasteiger partial charge in [-0.25, -0.2) is 4.98 Å². The Bertz CT molecular complexity index is 550. The fourth-order valence-corrected chi connectivity index (χ4v) is 1.88. The van der Waals surface area contributed by atoms with Gasteiger partial charge in [-0.15, -0.1) is 0 Å². The lowest BCUT2D eigenvalue weighted by Gasteiger charge is -2.13. The molecule has 0 amide bonds. The summed E-state index contributed by atoms with van der Waals surface area (Å²) in [5.41, 5.74) is 8.09. The van der Waals surface area contributed by atoms with Gasteiger partial charge in [-0.3, -0.25) is 0 Å². The zero-order chi connectivity index (χ0) is 13.8. The van der Waals surface area contributed by atoms with Crippen molar-refractivity contribution in [3.8, 4) is 11.6 Å². The molecule has 1 heterocycles. The number of nitrogens with two attached hydrogens (primary N) is 1. The van der Waals surface area contributed by atoms with Crippen LogP contribution in [0.15, 0.2) is 42.6 Å². The number of rotatable bonds is 4. The van der Waals surface area contributed by atoms with E-state index in [1.54, 1.807) is 6.20 Å². The molecular formula is C16H20N2O. The van der Waals surface area contributed by atoms with Crippen molar-refractivity contribution in [2.75, 3.05) is 0 Å². The Morgan fingerprint density at radius 3 is 2.58 bits per heavy atom. The Labute approximate surface area is 114 Å². The maximum atomic E-state index is 5.93. The predicted octanol–water partition coefficient (Wildman–Crippen LogP) is 4.02. The average Bonchev–Trinajstić information content (AvgIpc) is 2.39. The number of nitrogens with zero attached hydrogens (tertiary/aromatic N) is 1.